The van der Waals surface area contributed by atoms with Crippen LogP contribution in [0.15, 0.2) is 0 Å². The van der Waals surface area contributed by atoms with E-state index in [0.717, 1.165) is 36.4 Å². The molecule has 2 fully saturated rings. The van der Waals surface area contributed by atoms with Gasteiger partial charge in [0.05, 0.1) is 12.2 Å². The number of nitrogens with zero attached hydrogens (tertiary/aromatic N) is 2. The quantitative estimate of drug-likeness (QED) is 0.888. The van der Waals surface area contributed by atoms with Crippen molar-refractivity contribution < 1.29 is 9.84 Å². The Morgan fingerprint density at radius 3 is 2.58 bits per heavy atom. The summed E-state index contributed by atoms with van der Waals surface area (Å²) in [7, 11) is 0. The summed E-state index contributed by atoms with van der Waals surface area (Å²) < 4.78 is 10.1. The van der Waals surface area contributed by atoms with Gasteiger partial charge in [-0.2, -0.15) is 4.37 Å². The zero-order valence-corrected chi connectivity index (χ0v) is 12.2. The summed E-state index contributed by atoms with van der Waals surface area (Å²) >= 11 is 1.42. The molecule has 5 nitrogen and oxygen atoms in total. The number of aliphatic hydroxyl groups excluding tert-OH is 1. The molecule has 1 aromatic rings. The van der Waals surface area contributed by atoms with Gasteiger partial charge in [0.1, 0.15) is 0 Å². The van der Waals surface area contributed by atoms with Crippen molar-refractivity contribution in [2.75, 3.05) is 10.6 Å². The van der Waals surface area contributed by atoms with Gasteiger partial charge in [0, 0.05) is 12.1 Å². The van der Waals surface area contributed by atoms with Crippen molar-refractivity contribution in [3.05, 3.63) is 0 Å². The number of hydrogen-bond acceptors (Lipinski definition) is 6. The number of piperidine rings is 1. The molecule has 0 spiro atoms. The zero-order chi connectivity index (χ0) is 13.6. The molecule has 0 aromatic carbocycles. The molecule has 0 aliphatic carbocycles. The minimum absolute atomic E-state index is 0.0884. The first-order valence-electron chi connectivity index (χ1n) is 6.94. The second kappa shape index (κ2) is 4.83. The minimum atomic E-state index is -0.159. The van der Waals surface area contributed by atoms with Gasteiger partial charge in [-0.05, 0) is 51.1 Å². The molecule has 3 heterocycles. The van der Waals surface area contributed by atoms with Crippen LogP contribution in [0.1, 0.15) is 39.5 Å². The number of nitrogen functional groups attached to an aromatic ring is 1. The van der Waals surface area contributed by atoms with Gasteiger partial charge in [0.25, 0.3) is 0 Å². The normalized spacial score (nSPS) is 30.1. The van der Waals surface area contributed by atoms with Gasteiger partial charge in [-0.15, -0.1) is 0 Å². The Hall–Kier alpha value is -1.01. The molecule has 0 radical (unpaired) electrons. The molecular formula is C13H21N3O2S. The van der Waals surface area contributed by atoms with Gasteiger partial charge in [-0.1, -0.05) is 0 Å². The molecule has 2 bridgehead atoms. The van der Waals surface area contributed by atoms with E-state index in [2.05, 4.69) is 9.27 Å². The summed E-state index contributed by atoms with van der Waals surface area (Å²) in [5.41, 5.74) is 5.93. The van der Waals surface area contributed by atoms with Crippen molar-refractivity contribution >= 4 is 22.4 Å². The number of aromatic nitrogens is 1. The summed E-state index contributed by atoms with van der Waals surface area (Å²) in [5.74, 6) is 1.22. The summed E-state index contributed by atoms with van der Waals surface area (Å²) in [6, 6.07) is 0.811. The highest BCUT2D eigenvalue weighted by molar-refractivity contribution is 7.11. The van der Waals surface area contributed by atoms with Crippen LogP contribution in [0.25, 0.3) is 0 Å². The highest BCUT2D eigenvalue weighted by atomic mass is 32.1. The Balaban J connectivity index is 1.90. The lowest BCUT2D eigenvalue weighted by molar-refractivity contribution is 0.126. The van der Waals surface area contributed by atoms with E-state index in [9.17, 15) is 5.11 Å². The van der Waals surface area contributed by atoms with E-state index in [1.54, 1.807) is 0 Å². The SMILES string of the molecule is CC(C)Oc1c(N)nsc1N1C2CCC1CC(O)C2. The molecule has 0 saturated carbocycles. The van der Waals surface area contributed by atoms with Crippen LogP contribution in [0.3, 0.4) is 0 Å². The zero-order valence-electron chi connectivity index (χ0n) is 11.4. The van der Waals surface area contributed by atoms with Crippen molar-refractivity contribution in [2.45, 2.75) is 63.8 Å². The second-order valence-electron chi connectivity index (χ2n) is 5.79. The lowest BCUT2D eigenvalue weighted by atomic mass is 10.0. The van der Waals surface area contributed by atoms with E-state index < -0.39 is 0 Å². The van der Waals surface area contributed by atoms with E-state index >= 15 is 0 Å². The number of fused-ring (bicyclic) bond motifs is 2. The Morgan fingerprint density at radius 1 is 1.37 bits per heavy atom. The van der Waals surface area contributed by atoms with Crippen LogP contribution in [0.4, 0.5) is 10.8 Å². The Labute approximate surface area is 117 Å². The third-order valence-electron chi connectivity index (χ3n) is 3.95. The molecule has 2 atom stereocenters. The molecule has 19 heavy (non-hydrogen) atoms. The van der Waals surface area contributed by atoms with E-state index in [4.69, 9.17) is 10.5 Å². The molecular weight excluding hydrogens is 262 g/mol. The fourth-order valence-corrected chi connectivity index (χ4v) is 4.17. The fourth-order valence-electron chi connectivity index (χ4n) is 3.28. The van der Waals surface area contributed by atoms with Crippen LogP contribution in [-0.2, 0) is 0 Å². The van der Waals surface area contributed by atoms with Crippen LogP contribution >= 0.6 is 11.5 Å². The lowest BCUT2D eigenvalue weighted by Gasteiger charge is -2.38. The van der Waals surface area contributed by atoms with Gasteiger partial charge in [0.2, 0.25) is 0 Å². The minimum Gasteiger partial charge on any atom is -0.484 e. The predicted octanol–water partition coefficient (Wildman–Crippen LogP) is 2.00. The fraction of sp³-hybridized carbons (Fsp3) is 0.769. The number of nitrogens with two attached hydrogens (primary N) is 1. The van der Waals surface area contributed by atoms with Gasteiger partial charge in [-0.25, -0.2) is 0 Å². The van der Waals surface area contributed by atoms with Crippen LogP contribution in [-0.4, -0.2) is 33.8 Å². The molecule has 2 aliphatic heterocycles. The van der Waals surface area contributed by atoms with Crippen molar-refractivity contribution in [1.82, 2.24) is 4.37 Å². The topological polar surface area (TPSA) is 71.6 Å². The first-order chi connectivity index (χ1) is 9.06. The highest BCUT2D eigenvalue weighted by Gasteiger charge is 2.42. The number of hydrogen-bond donors (Lipinski definition) is 2. The van der Waals surface area contributed by atoms with Crippen molar-refractivity contribution in [1.29, 1.82) is 0 Å². The lowest BCUT2D eigenvalue weighted by Crippen LogP contribution is -2.44. The van der Waals surface area contributed by atoms with Crippen LogP contribution in [0, 0.1) is 0 Å². The maximum Gasteiger partial charge on any atom is 0.198 e. The summed E-state index contributed by atoms with van der Waals surface area (Å²) in [5, 5.41) is 10.9. The maximum atomic E-state index is 9.88. The average molecular weight is 283 g/mol. The molecule has 2 unspecified atom stereocenters. The first kappa shape index (κ1) is 13.0. The third-order valence-corrected chi connectivity index (χ3v) is 4.81. The van der Waals surface area contributed by atoms with Crippen LogP contribution in [0.5, 0.6) is 5.75 Å². The number of aliphatic hydroxyl groups is 1. The Morgan fingerprint density at radius 2 is 2.00 bits per heavy atom. The standard InChI is InChI=1S/C13H21N3O2S/c1-7(2)18-11-12(14)15-19-13(11)16-8-3-4-9(16)6-10(17)5-8/h7-10,17H,3-6H2,1-2H3,(H2,14,15). The summed E-state index contributed by atoms with van der Waals surface area (Å²) in [6.07, 6.45) is 3.89. The van der Waals surface area contributed by atoms with E-state index in [-0.39, 0.29) is 12.2 Å². The smallest absolute Gasteiger partial charge is 0.198 e. The average Bonchev–Trinajstić information content (AvgIpc) is 2.79. The third kappa shape index (κ3) is 2.27. The largest absolute Gasteiger partial charge is 0.484 e. The molecule has 2 saturated heterocycles. The Kier molecular flexibility index (Phi) is 3.30. The van der Waals surface area contributed by atoms with E-state index in [1.165, 1.54) is 11.5 Å². The van der Waals surface area contributed by atoms with Crippen molar-refractivity contribution in [3.63, 3.8) is 0 Å². The van der Waals surface area contributed by atoms with E-state index in [1.807, 2.05) is 13.8 Å². The molecule has 3 rings (SSSR count). The maximum absolute atomic E-state index is 9.88. The van der Waals surface area contributed by atoms with Gasteiger partial charge < -0.3 is 20.5 Å². The molecule has 3 N–H and O–H groups in total. The molecule has 6 heteroatoms. The first-order valence-corrected chi connectivity index (χ1v) is 7.71. The highest BCUT2D eigenvalue weighted by Crippen LogP contribution is 2.47. The van der Waals surface area contributed by atoms with Gasteiger partial charge in [0.15, 0.2) is 16.6 Å². The summed E-state index contributed by atoms with van der Waals surface area (Å²) in [6.45, 7) is 3.99. The van der Waals surface area contributed by atoms with Crippen LogP contribution in [0.2, 0.25) is 0 Å². The molecule has 0 amide bonds. The molecule has 1 aromatic heterocycles. The number of ether oxygens (including phenoxy) is 1. The predicted molar refractivity (Wildman–Crippen MR) is 76.8 cm³/mol. The van der Waals surface area contributed by atoms with Gasteiger partial charge in [-0.3, -0.25) is 0 Å². The van der Waals surface area contributed by atoms with E-state index in [0.29, 0.717) is 17.9 Å². The van der Waals surface area contributed by atoms with Crippen LogP contribution < -0.4 is 15.4 Å². The van der Waals surface area contributed by atoms with Gasteiger partial charge >= 0.3 is 0 Å². The Bertz CT molecular complexity index is 449. The van der Waals surface area contributed by atoms with Crippen molar-refractivity contribution in [3.8, 4) is 5.75 Å². The summed E-state index contributed by atoms with van der Waals surface area (Å²) in [4.78, 5) is 2.39. The number of rotatable bonds is 3. The van der Waals surface area contributed by atoms with Crippen molar-refractivity contribution in [2.24, 2.45) is 0 Å². The number of anilines is 2. The monoisotopic (exact) mass is 283 g/mol. The molecule has 2 aliphatic rings. The second-order valence-corrected chi connectivity index (χ2v) is 6.54. The molecule has 106 valence electrons.